The SMILES string of the molecule is COC(=O)Nc1ccc2c(-c3nc(N[C@H]4CCC(C)(C)NC4)ncc3C(F)(F)F)c[nH]c2c1. The van der Waals surface area contributed by atoms with Crippen LogP contribution >= 0.6 is 0 Å². The lowest BCUT2D eigenvalue weighted by atomic mass is 9.91. The molecule has 3 aromatic rings. The lowest BCUT2D eigenvalue weighted by Crippen LogP contribution is -2.50. The summed E-state index contributed by atoms with van der Waals surface area (Å²) in [5, 5.41) is 9.63. The van der Waals surface area contributed by atoms with Crippen LogP contribution < -0.4 is 16.0 Å². The zero-order valence-electron chi connectivity index (χ0n) is 18.4. The summed E-state index contributed by atoms with van der Waals surface area (Å²) in [5.74, 6) is 0.142. The molecular formula is C22H25F3N6O2. The van der Waals surface area contributed by atoms with Crippen LogP contribution in [0.3, 0.4) is 0 Å². The Kier molecular flexibility index (Phi) is 5.91. The maximum atomic E-state index is 13.8. The van der Waals surface area contributed by atoms with E-state index in [9.17, 15) is 18.0 Å². The van der Waals surface area contributed by atoms with Gasteiger partial charge in [-0.15, -0.1) is 0 Å². The number of rotatable bonds is 4. The molecule has 1 atom stereocenters. The first-order chi connectivity index (χ1) is 15.6. The van der Waals surface area contributed by atoms with E-state index in [4.69, 9.17) is 0 Å². The van der Waals surface area contributed by atoms with Crippen molar-refractivity contribution in [3.8, 4) is 11.3 Å². The molecule has 2 aromatic heterocycles. The number of nitrogens with one attached hydrogen (secondary N) is 4. The van der Waals surface area contributed by atoms with Gasteiger partial charge in [0.2, 0.25) is 5.95 Å². The Labute approximate surface area is 188 Å². The monoisotopic (exact) mass is 462 g/mol. The summed E-state index contributed by atoms with van der Waals surface area (Å²) >= 11 is 0. The first-order valence-electron chi connectivity index (χ1n) is 10.5. The topological polar surface area (TPSA) is 104 Å². The maximum Gasteiger partial charge on any atom is 0.419 e. The molecule has 1 saturated heterocycles. The molecule has 3 heterocycles. The van der Waals surface area contributed by atoms with E-state index in [2.05, 4.69) is 49.5 Å². The van der Waals surface area contributed by atoms with Crippen molar-refractivity contribution in [2.45, 2.75) is 44.4 Å². The second kappa shape index (κ2) is 8.54. The van der Waals surface area contributed by atoms with E-state index in [-0.39, 0.29) is 28.8 Å². The molecule has 11 heteroatoms. The van der Waals surface area contributed by atoms with Crippen LogP contribution in [-0.2, 0) is 10.9 Å². The van der Waals surface area contributed by atoms with E-state index in [0.29, 0.717) is 23.1 Å². The number of hydrogen-bond donors (Lipinski definition) is 4. The normalized spacial score (nSPS) is 18.2. The standard InChI is InChI=1S/C22H25F3N6O2/c1-21(2)7-6-13(9-28-21)29-19-27-11-16(22(23,24)25)18(31-19)15-10-26-17-8-12(4-5-14(15)17)30-20(32)33-3/h4-5,8,10-11,13,26,28H,6-7,9H2,1-3H3,(H,30,32)(H,27,29,31)/t13-/m0/s1. The first kappa shape index (κ1) is 22.8. The van der Waals surface area contributed by atoms with E-state index in [0.717, 1.165) is 19.0 Å². The van der Waals surface area contributed by atoms with E-state index < -0.39 is 17.8 Å². The van der Waals surface area contributed by atoms with Crippen LogP contribution in [0.4, 0.5) is 29.6 Å². The number of aromatic nitrogens is 3. The molecule has 0 unspecified atom stereocenters. The summed E-state index contributed by atoms with van der Waals surface area (Å²) in [4.78, 5) is 22.6. The number of carbonyl (C=O) groups is 1. The molecule has 33 heavy (non-hydrogen) atoms. The number of nitrogens with zero attached hydrogens (tertiary/aromatic N) is 2. The number of anilines is 2. The number of benzene rings is 1. The molecule has 1 aromatic carbocycles. The minimum Gasteiger partial charge on any atom is -0.453 e. The van der Waals surface area contributed by atoms with Gasteiger partial charge in [0.1, 0.15) is 5.56 Å². The van der Waals surface area contributed by atoms with Crippen molar-refractivity contribution in [2.24, 2.45) is 0 Å². The fraction of sp³-hybridized carbons (Fsp3) is 0.409. The summed E-state index contributed by atoms with van der Waals surface area (Å²) in [6.45, 7) is 4.88. The van der Waals surface area contributed by atoms with Gasteiger partial charge >= 0.3 is 12.3 Å². The number of carbonyl (C=O) groups excluding carboxylic acids is 1. The summed E-state index contributed by atoms with van der Waals surface area (Å²) < 4.78 is 45.9. The number of fused-ring (bicyclic) bond motifs is 1. The molecule has 1 aliphatic rings. The number of ether oxygens (including phenoxy) is 1. The summed E-state index contributed by atoms with van der Waals surface area (Å²) in [5.41, 5.74) is 0.152. The Bertz CT molecular complexity index is 1160. The molecule has 0 radical (unpaired) electrons. The molecule has 8 nitrogen and oxygen atoms in total. The molecule has 1 amide bonds. The van der Waals surface area contributed by atoms with Crippen molar-refractivity contribution in [1.82, 2.24) is 20.3 Å². The highest BCUT2D eigenvalue weighted by Gasteiger charge is 2.36. The number of hydrogen-bond acceptors (Lipinski definition) is 6. The molecule has 0 aliphatic carbocycles. The number of methoxy groups -OCH3 is 1. The van der Waals surface area contributed by atoms with Gasteiger partial charge in [0.05, 0.1) is 12.8 Å². The number of alkyl halides is 3. The second-order valence-electron chi connectivity index (χ2n) is 8.68. The molecule has 4 rings (SSSR count). The van der Waals surface area contributed by atoms with Crippen LogP contribution in [0.1, 0.15) is 32.3 Å². The number of aromatic amines is 1. The van der Waals surface area contributed by atoms with Crippen LogP contribution in [-0.4, -0.2) is 46.3 Å². The molecule has 1 aliphatic heterocycles. The third-order valence-electron chi connectivity index (χ3n) is 5.74. The predicted molar refractivity (Wildman–Crippen MR) is 119 cm³/mol. The zero-order chi connectivity index (χ0) is 23.8. The van der Waals surface area contributed by atoms with E-state index >= 15 is 0 Å². The van der Waals surface area contributed by atoms with E-state index in [1.54, 1.807) is 18.2 Å². The molecular weight excluding hydrogens is 437 g/mol. The Morgan fingerprint density at radius 3 is 2.76 bits per heavy atom. The third kappa shape index (κ3) is 5.03. The number of H-pyrrole nitrogens is 1. The van der Waals surface area contributed by atoms with Crippen LogP contribution in [0.15, 0.2) is 30.6 Å². The minimum atomic E-state index is -4.62. The Balaban J connectivity index is 1.68. The second-order valence-corrected chi connectivity index (χ2v) is 8.68. The van der Waals surface area contributed by atoms with Gasteiger partial charge in [0, 0.05) is 52.7 Å². The highest BCUT2D eigenvalue weighted by Crippen LogP contribution is 2.39. The maximum absolute atomic E-state index is 13.8. The third-order valence-corrected chi connectivity index (χ3v) is 5.74. The fourth-order valence-electron chi connectivity index (χ4n) is 3.86. The highest BCUT2D eigenvalue weighted by atomic mass is 19.4. The van der Waals surface area contributed by atoms with Crippen molar-refractivity contribution in [3.05, 3.63) is 36.2 Å². The van der Waals surface area contributed by atoms with Gasteiger partial charge in [0.15, 0.2) is 0 Å². The van der Waals surface area contributed by atoms with Crippen LogP contribution in [0.2, 0.25) is 0 Å². The van der Waals surface area contributed by atoms with Crippen molar-refractivity contribution < 1.29 is 22.7 Å². The molecule has 176 valence electrons. The summed E-state index contributed by atoms with van der Waals surface area (Å²) in [7, 11) is 1.24. The van der Waals surface area contributed by atoms with Gasteiger partial charge in [0.25, 0.3) is 0 Å². The van der Waals surface area contributed by atoms with Crippen LogP contribution in [0.5, 0.6) is 0 Å². The molecule has 0 saturated carbocycles. The lowest BCUT2D eigenvalue weighted by Gasteiger charge is -2.36. The van der Waals surface area contributed by atoms with Crippen molar-refractivity contribution in [1.29, 1.82) is 0 Å². The molecule has 0 spiro atoms. The molecule has 0 bridgehead atoms. The summed E-state index contributed by atoms with van der Waals surface area (Å²) in [6.07, 6.45) is -1.21. The average molecular weight is 462 g/mol. The Morgan fingerprint density at radius 1 is 1.30 bits per heavy atom. The molecule has 1 fully saturated rings. The fourth-order valence-corrected chi connectivity index (χ4v) is 3.86. The predicted octanol–water partition coefficient (Wildman–Crippen LogP) is 4.76. The number of halogens is 3. The number of piperidine rings is 1. The van der Waals surface area contributed by atoms with Crippen LogP contribution in [0.25, 0.3) is 22.2 Å². The minimum absolute atomic E-state index is 0.0116. The summed E-state index contributed by atoms with van der Waals surface area (Å²) in [6, 6.07) is 4.82. The van der Waals surface area contributed by atoms with Crippen LogP contribution in [0, 0.1) is 0 Å². The largest absolute Gasteiger partial charge is 0.453 e. The van der Waals surface area contributed by atoms with E-state index in [1.807, 2.05) is 0 Å². The highest BCUT2D eigenvalue weighted by molar-refractivity contribution is 5.98. The van der Waals surface area contributed by atoms with Gasteiger partial charge in [-0.3, -0.25) is 5.32 Å². The lowest BCUT2D eigenvalue weighted by molar-refractivity contribution is -0.137. The van der Waals surface area contributed by atoms with Crippen molar-refractivity contribution in [2.75, 3.05) is 24.3 Å². The average Bonchev–Trinajstić information content (AvgIpc) is 3.17. The number of amides is 1. The van der Waals surface area contributed by atoms with Crippen molar-refractivity contribution in [3.63, 3.8) is 0 Å². The van der Waals surface area contributed by atoms with Gasteiger partial charge < -0.3 is 20.4 Å². The Hall–Kier alpha value is -3.34. The van der Waals surface area contributed by atoms with Crippen molar-refractivity contribution >= 4 is 28.6 Å². The Morgan fingerprint density at radius 2 is 2.09 bits per heavy atom. The molecule has 4 N–H and O–H groups in total. The van der Waals surface area contributed by atoms with E-state index in [1.165, 1.54) is 13.3 Å². The van der Waals surface area contributed by atoms with Gasteiger partial charge in [-0.2, -0.15) is 13.2 Å². The van der Waals surface area contributed by atoms with Gasteiger partial charge in [-0.05, 0) is 38.8 Å². The first-order valence-corrected chi connectivity index (χ1v) is 10.5. The smallest absolute Gasteiger partial charge is 0.419 e. The van der Waals surface area contributed by atoms with Gasteiger partial charge in [-0.25, -0.2) is 14.8 Å². The quantitative estimate of drug-likeness (QED) is 0.446. The zero-order valence-corrected chi connectivity index (χ0v) is 18.4. The van der Waals surface area contributed by atoms with Gasteiger partial charge in [-0.1, -0.05) is 6.07 Å².